The van der Waals surface area contributed by atoms with Gasteiger partial charge in [0, 0.05) is 76.8 Å². The van der Waals surface area contributed by atoms with Crippen molar-refractivity contribution in [2.45, 2.75) is 165 Å². The van der Waals surface area contributed by atoms with Crippen LogP contribution in [0.3, 0.4) is 0 Å². The second-order valence-corrected chi connectivity index (χ2v) is 29.2. The molecule has 4 fully saturated rings. The number of aliphatic hydroxyl groups excluding tert-OH is 2. The summed E-state index contributed by atoms with van der Waals surface area (Å²) in [4.78, 5) is 46.5. The van der Waals surface area contributed by atoms with Gasteiger partial charge in [-0.15, -0.1) is 0 Å². The number of carbonyl (C=O) groups excluding carboxylic acids is 3. The third kappa shape index (κ3) is 7.96. The fourth-order valence-electron chi connectivity index (χ4n) is 20.7. The average molecular weight is 1330 g/mol. The predicted octanol–water partition coefficient (Wildman–Crippen LogP) is -1.24. The molecule has 8 heterocycles. The number of phenols is 4. The number of aromatic hydroxyl groups is 4. The van der Waals surface area contributed by atoms with Crippen molar-refractivity contribution in [1.82, 2.24) is 9.80 Å². The molecule has 8 aliphatic carbocycles. The van der Waals surface area contributed by atoms with E-state index in [4.69, 9.17) is 36.5 Å². The standard InChI is InChI=1S/C18H19NO3.C17H19NO5.C17H17NO4.C17H15NO4.CH4.H2O4S/c1-19-7-6-18-12-4-2-11(9-20)17(18)22-16-14(21)5-3-10(15(16)18)8-13(12)19;1-18-5-4-16-13-8-2-3-9(19)14(13)23-15(16)10(20)7-12(21)17(16,22)11(18)6-8;1-18-7-6-16-13-9-2-3-10(19)14(13)22-15(16)11(20)4-5-17(16,21)12(18)8-9;19-10-3-2-9-8-12-17(21)6-4-11(20)15-16(17,5-1-7-18-12)13(9)14(10)22-15;;1-5(2,3)4/h2-5,13,17,20-21H,6-9H2,1H3;2-3,11-12,15,19,21-22H,4-7H2,1H3;2-5,12,15,19,21H,6-8H2,1H3;2-4,6-7,12,15,19,21H,1,5,8H2;1H4;(H2,1,2,3,4)/t13-,17+,18+;11-,12?,15+,16+,17+;2*12-,15+,16+,17-;;/m1111../s1. The first kappa shape index (κ1) is 63.5. The zero-order chi connectivity index (χ0) is 66.1. The third-order valence-corrected chi connectivity index (χ3v) is 24.7. The van der Waals surface area contributed by atoms with Crippen molar-refractivity contribution in [3.8, 4) is 46.0 Å². The minimum Gasteiger partial charge on any atom is -0.759 e. The summed E-state index contributed by atoms with van der Waals surface area (Å²) < 4.78 is 58.0. The quantitative estimate of drug-likeness (QED) is 0.0784. The monoisotopic (exact) mass is 1320 g/mol. The van der Waals surface area contributed by atoms with Gasteiger partial charge in [0.25, 0.3) is 0 Å². The van der Waals surface area contributed by atoms with Crippen LogP contribution in [0.2, 0.25) is 0 Å². The number of phenolic OH excluding ortho intramolecular Hbond substituents is 4. The summed E-state index contributed by atoms with van der Waals surface area (Å²) in [6.07, 6.45) is 15.1. The average Bonchev–Trinajstić information content (AvgIpc) is 1.62. The van der Waals surface area contributed by atoms with Crippen LogP contribution in [0, 0.1) is 0 Å². The number of nitrogens with one attached hydrogen (secondary N) is 2. The number of ether oxygens (including phenoxy) is 4. The number of aliphatic hydroxyl groups is 5. The van der Waals surface area contributed by atoms with E-state index in [2.05, 4.69) is 35.0 Å². The maximum atomic E-state index is 12.6. The molecule has 17 atom stereocenters. The Morgan fingerprint density at radius 3 is 1.73 bits per heavy atom. The van der Waals surface area contributed by atoms with Crippen molar-refractivity contribution >= 4 is 34.0 Å². The van der Waals surface area contributed by atoms with Gasteiger partial charge in [-0.25, -0.2) is 4.99 Å². The summed E-state index contributed by atoms with van der Waals surface area (Å²) in [5.74, 6) is 1.57. The number of piperidine rings is 3. The number of hydrogen-bond donors (Lipinski definition) is 11. The highest BCUT2D eigenvalue weighted by molar-refractivity contribution is 7.79. The molecule has 3 saturated heterocycles. The number of likely N-dealkylation sites (tertiary alicyclic amines) is 3. The first-order valence-electron chi connectivity index (χ1n) is 32.1. The summed E-state index contributed by atoms with van der Waals surface area (Å²) in [6.45, 7) is 2.60. The van der Waals surface area contributed by atoms with E-state index >= 15 is 0 Å². The number of rotatable bonds is 1. The van der Waals surface area contributed by atoms with E-state index in [1.807, 2.05) is 43.6 Å². The molecular weight excluding hydrogens is 1250 g/mol. The highest BCUT2D eigenvalue weighted by Gasteiger charge is 2.77. The molecular formula is C70H76N4O20S. The molecule has 0 radical (unpaired) electrons. The van der Waals surface area contributed by atoms with Gasteiger partial charge >= 0.3 is 0 Å². The first-order chi connectivity index (χ1) is 44.6. The Bertz CT molecular complexity index is 4330. The Morgan fingerprint density at radius 1 is 0.621 bits per heavy atom. The van der Waals surface area contributed by atoms with Crippen LogP contribution in [-0.4, -0.2) is 216 Å². The molecule has 4 aromatic carbocycles. The zero-order valence-corrected chi connectivity index (χ0v) is 52.4. The van der Waals surface area contributed by atoms with Crippen molar-refractivity contribution in [1.29, 1.82) is 0 Å². The molecule has 95 heavy (non-hydrogen) atoms. The summed E-state index contributed by atoms with van der Waals surface area (Å²) in [5.41, 5.74) is 3.86. The van der Waals surface area contributed by atoms with Crippen LogP contribution in [0.25, 0.3) is 0 Å². The van der Waals surface area contributed by atoms with Crippen molar-refractivity contribution in [2.24, 2.45) is 0 Å². The Kier molecular flexibility index (Phi) is 14.0. The van der Waals surface area contributed by atoms with E-state index in [1.165, 1.54) is 33.8 Å². The number of likely N-dealkylation sites (N-methyl/N-ethyl adjacent to an activating group) is 3. The Hall–Kier alpha value is -7.53. The fourth-order valence-corrected chi connectivity index (χ4v) is 20.7. The number of carbonyl (C=O) groups is 3. The lowest BCUT2D eigenvalue weighted by molar-refractivity contribution is -0.922. The molecule has 11 N–H and O–H groups in total. The number of Topliss-reactive ketones (excluding diaryl/α,β-unsaturated/α-hetero) is 1. The molecule has 16 aliphatic rings. The van der Waals surface area contributed by atoms with Gasteiger partial charge in [-0.05, 0) is 141 Å². The lowest BCUT2D eigenvalue weighted by Gasteiger charge is -2.63. The maximum Gasteiger partial charge on any atom is 0.197 e. The summed E-state index contributed by atoms with van der Waals surface area (Å²) in [5, 5.41) is 96.0. The lowest BCUT2D eigenvalue weighted by atomic mass is 9.48. The van der Waals surface area contributed by atoms with Gasteiger partial charge in [0.05, 0.1) is 48.0 Å². The Balaban J connectivity index is 0.000000101. The highest BCUT2D eigenvalue weighted by Crippen LogP contribution is 2.67. The minimum absolute atomic E-state index is 0. The molecule has 4 aromatic rings. The zero-order valence-electron chi connectivity index (χ0n) is 51.6. The van der Waals surface area contributed by atoms with Crippen LogP contribution in [-0.2, 0) is 72.1 Å². The minimum atomic E-state index is -5.17. The predicted molar refractivity (Wildman–Crippen MR) is 333 cm³/mol. The third-order valence-electron chi connectivity index (χ3n) is 24.7. The van der Waals surface area contributed by atoms with E-state index in [0.717, 1.165) is 77.7 Å². The van der Waals surface area contributed by atoms with Gasteiger partial charge in [-0.2, -0.15) is 0 Å². The number of ketones is 3. The van der Waals surface area contributed by atoms with Crippen LogP contribution in [0.1, 0.15) is 90.5 Å². The smallest absolute Gasteiger partial charge is 0.197 e. The van der Waals surface area contributed by atoms with Crippen molar-refractivity contribution in [3.05, 3.63) is 141 Å². The molecule has 2 unspecified atom stereocenters. The van der Waals surface area contributed by atoms with E-state index < -0.39 is 67.9 Å². The topological polar surface area (TPSA) is 375 Å². The Labute approximate surface area is 546 Å². The summed E-state index contributed by atoms with van der Waals surface area (Å²) in [7, 11) is 1.05. The van der Waals surface area contributed by atoms with Gasteiger partial charge in [0.1, 0.15) is 29.6 Å². The van der Waals surface area contributed by atoms with Gasteiger partial charge < -0.3 is 83.8 Å². The second-order valence-electron chi connectivity index (χ2n) is 28.4. The fraction of sp³-hybridized carbons (Fsp3) is 0.486. The van der Waals surface area contributed by atoms with E-state index in [1.54, 1.807) is 36.4 Å². The van der Waals surface area contributed by atoms with Crippen LogP contribution in [0.15, 0.2) is 96.1 Å². The largest absolute Gasteiger partial charge is 0.759 e. The van der Waals surface area contributed by atoms with E-state index in [0.29, 0.717) is 67.7 Å². The normalized spacial score (nSPS) is 38.7. The molecule has 1 saturated carbocycles. The number of benzene rings is 4. The molecule has 0 aromatic heterocycles. The number of nitrogens with zero attached hydrogens (tertiary/aromatic N) is 2. The van der Waals surface area contributed by atoms with Gasteiger partial charge in [-0.1, -0.05) is 43.8 Å². The van der Waals surface area contributed by atoms with Crippen LogP contribution in [0.4, 0.5) is 0 Å². The Morgan fingerprint density at radius 2 is 1.13 bits per heavy atom. The molecule has 24 nitrogen and oxygen atoms in total. The summed E-state index contributed by atoms with van der Waals surface area (Å²) in [6, 6.07) is 14.2. The van der Waals surface area contributed by atoms with Gasteiger partial charge in [0.15, 0.2) is 93.3 Å². The second kappa shape index (κ2) is 21.0. The molecule has 8 bridgehead atoms. The SMILES string of the molecule is C.CN1CC[C@@]23C4=CC=C(CO)[C@@H]2Oc2c(O)ccc(c23)C[C@H]41.CN1CC[C@]23c4c5ccc(O)c4O[C@H]2C(=O)CC(O)[C@@]3(O)[C@H]1C5.C[NH+]1CC[C@]23c4c5ccc(O)c4O[C@H]2C(=O)C=C[C@@]3(O)[C@H]1C5.O=C1C=C[C@@]2(O)[C@H]3Cc4ccc(O)c5c4[C@@]2(CCC=[NH+]3)[C@H]1O5.O=S(=O)([O-])[O-]. The molecule has 4 spiro atoms. The highest BCUT2D eigenvalue weighted by atomic mass is 32.3. The van der Waals surface area contributed by atoms with Crippen LogP contribution in [0.5, 0.6) is 46.0 Å². The van der Waals surface area contributed by atoms with Gasteiger partial charge in [-0.3, -0.25) is 27.7 Å². The van der Waals surface area contributed by atoms with Gasteiger partial charge in [0.2, 0.25) is 0 Å². The molecule has 502 valence electrons. The summed E-state index contributed by atoms with van der Waals surface area (Å²) >= 11 is 0. The lowest BCUT2D eigenvalue weighted by Crippen LogP contribution is -3.19. The van der Waals surface area contributed by atoms with E-state index in [9.17, 15) is 60.3 Å². The van der Waals surface area contributed by atoms with Crippen molar-refractivity contribution < 1.29 is 107 Å². The van der Waals surface area contributed by atoms with Crippen LogP contribution < -0.4 is 28.8 Å². The first-order valence-corrected chi connectivity index (χ1v) is 33.4. The maximum absolute atomic E-state index is 12.6. The van der Waals surface area contributed by atoms with E-state index in [-0.39, 0.29) is 90.4 Å². The van der Waals surface area contributed by atoms with Crippen molar-refractivity contribution in [2.75, 3.05) is 47.4 Å². The molecule has 25 heteroatoms. The van der Waals surface area contributed by atoms with Crippen LogP contribution >= 0.6 is 0 Å². The number of quaternary nitrogens is 1. The molecule has 20 rings (SSSR count). The number of allylic oxidation sites excluding steroid dienone is 2. The number of hydrogen-bond acceptors (Lipinski definition) is 22. The molecule has 0 amide bonds. The molecule has 8 aliphatic heterocycles. The van der Waals surface area contributed by atoms with Crippen molar-refractivity contribution in [3.63, 3.8) is 0 Å².